The second-order valence-corrected chi connectivity index (χ2v) is 6.87. The van der Waals surface area contributed by atoms with Crippen molar-refractivity contribution >= 4 is 0 Å². The van der Waals surface area contributed by atoms with Crippen LogP contribution in [0.5, 0.6) is 0 Å². The summed E-state index contributed by atoms with van der Waals surface area (Å²) >= 11 is 0. The lowest BCUT2D eigenvalue weighted by Crippen LogP contribution is -2.56. The van der Waals surface area contributed by atoms with E-state index in [2.05, 4.69) is 35.9 Å². The van der Waals surface area contributed by atoms with Crippen molar-refractivity contribution in [3.05, 3.63) is 0 Å². The minimum absolute atomic E-state index is 0.396. The van der Waals surface area contributed by atoms with Gasteiger partial charge in [0.2, 0.25) is 0 Å². The fourth-order valence-electron chi connectivity index (χ4n) is 3.49. The summed E-state index contributed by atoms with van der Waals surface area (Å²) in [6.45, 7) is 15.6. The highest BCUT2D eigenvalue weighted by atomic mass is 15.3. The molecule has 0 aromatic carbocycles. The first-order valence-corrected chi connectivity index (χ1v) is 7.78. The maximum atomic E-state index is 3.50. The number of rotatable bonds is 5. The molecule has 0 saturated carbocycles. The number of nitrogens with one attached hydrogen (secondary N) is 1. The van der Waals surface area contributed by atoms with E-state index in [-0.39, 0.29) is 0 Å². The van der Waals surface area contributed by atoms with E-state index >= 15 is 0 Å². The molecule has 3 nitrogen and oxygen atoms in total. The van der Waals surface area contributed by atoms with Gasteiger partial charge in [-0.1, -0.05) is 27.2 Å². The lowest BCUT2D eigenvalue weighted by atomic mass is 9.91. The van der Waals surface area contributed by atoms with Crippen molar-refractivity contribution in [2.75, 3.05) is 45.8 Å². The molecule has 106 valence electrons. The second-order valence-electron chi connectivity index (χ2n) is 6.87. The first-order chi connectivity index (χ1) is 8.61. The van der Waals surface area contributed by atoms with Crippen LogP contribution in [0.4, 0.5) is 0 Å². The van der Waals surface area contributed by atoms with Crippen molar-refractivity contribution in [3.63, 3.8) is 0 Å². The Kier molecular flexibility index (Phi) is 5.05. The Bertz CT molecular complexity index is 252. The van der Waals surface area contributed by atoms with Gasteiger partial charge in [-0.2, -0.15) is 0 Å². The van der Waals surface area contributed by atoms with Gasteiger partial charge >= 0.3 is 0 Å². The zero-order valence-electron chi connectivity index (χ0n) is 12.5. The minimum Gasteiger partial charge on any atom is -0.316 e. The van der Waals surface area contributed by atoms with Crippen molar-refractivity contribution in [1.29, 1.82) is 0 Å². The van der Waals surface area contributed by atoms with E-state index < -0.39 is 0 Å². The smallest absolute Gasteiger partial charge is 0.0223 e. The average Bonchev–Trinajstić information content (AvgIpc) is 2.36. The van der Waals surface area contributed by atoms with Gasteiger partial charge in [-0.3, -0.25) is 9.80 Å². The molecule has 18 heavy (non-hydrogen) atoms. The summed E-state index contributed by atoms with van der Waals surface area (Å²) in [5.41, 5.74) is 0.396. The molecule has 2 aliphatic heterocycles. The SMILES string of the molecule is CCNCC(C)(C)CN1CCN2CCCCC2C1. The zero-order valence-corrected chi connectivity index (χ0v) is 12.5. The third kappa shape index (κ3) is 3.94. The van der Waals surface area contributed by atoms with E-state index in [9.17, 15) is 0 Å². The van der Waals surface area contributed by atoms with Gasteiger partial charge in [0.1, 0.15) is 0 Å². The molecule has 2 rings (SSSR count). The van der Waals surface area contributed by atoms with Crippen molar-refractivity contribution < 1.29 is 0 Å². The molecule has 0 aromatic heterocycles. The molecule has 0 aliphatic carbocycles. The molecule has 0 radical (unpaired) electrons. The van der Waals surface area contributed by atoms with Gasteiger partial charge in [-0.15, -0.1) is 0 Å². The molecule has 3 heteroatoms. The standard InChI is InChI=1S/C15H31N3/c1-4-16-12-15(2,3)13-17-9-10-18-8-6-5-7-14(18)11-17/h14,16H,4-13H2,1-3H3. The first-order valence-electron chi connectivity index (χ1n) is 7.78. The highest BCUT2D eigenvalue weighted by Gasteiger charge is 2.31. The van der Waals surface area contributed by atoms with Crippen LogP contribution < -0.4 is 5.32 Å². The summed E-state index contributed by atoms with van der Waals surface area (Å²) < 4.78 is 0. The van der Waals surface area contributed by atoms with Gasteiger partial charge in [-0.25, -0.2) is 0 Å². The van der Waals surface area contributed by atoms with Crippen LogP contribution in [0, 0.1) is 5.41 Å². The van der Waals surface area contributed by atoms with Crippen LogP contribution in [-0.4, -0.2) is 61.7 Å². The average molecular weight is 253 g/mol. The maximum Gasteiger partial charge on any atom is 0.0223 e. The molecule has 2 fully saturated rings. The lowest BCUT2D eigenvalue weighted by Gasteiger charge is -2.46. The van der Waals surface area contributed by atoms with E-state index in [0.29, 0.717) is 5.41 Å². The molecule has 0 aromatic rings. The minimum atomic E-state index is 0.396. The zero-order chi connectivity index (χ0) is 13.0. The summed E-state index contributed by atoms with van der Waals surface area (Å²) in [6, 6.07) is 0.849. The quantitative estimate of drug-likeness (QED) is 0.806. The van der Waals surface area contributed by atoms with Crippen LogP contribution in [0.25, 0.3) is 0 Å². The van der Waals surface area contributed by atoms with E-state index in [1.807, 2.05) is 0 Å². The van der Waals surface area contributed by atoms with Gasteiger partial charge in [0.05, 0.1) is 0 Å². The fraction of sp³-hybridized carbons (Fsp3) is 1.00. The van der Waals surface area contributed by atoms with Gasteiger partial charge in [0.15, 0.2) is 0 Å². The summed E-state index contributed by atoms with van der Waals surface area (Å²) in [4.78, 5) is 5.42. The van der Waals surface area contributed by atoms with Crippen LogP contribution in [0.15, 0.2) is 0 Å². The maximum absolute atomic E-state index is 3.50. The molecule has 0 spiro atoms. The van der Waals surface area contributed by atoms with Gasteiger partial charge in [-0.05, 0) is 31.3 Å². The summed E-state index contributed by atoms with van der Waals surface area (Å²) in [5, 5.41) is 3.50. The fourth-order valence-corrected chi connectivity index (χ4v) is 3.49. The topological polar surface area (TPSA) is 18.5 Å². The number of fused-ring (bicyclic) bond motifs is 1. The van der Waals surface area contributed by atoms with Crippen molar-refractivity contribution in [3.8, 4) is 0 Å². The largest absolute Gasteiger partial charge is 0.316 e. The number of piperidine rings is 1. The normalized spacial score (nSPS) is 27.2. The predicted octanol–water partition coefficient (Wildman–Crippen LogP) is 1.79. The van der Waals surface area contributed by atoms with E-state index in [0.717, 1.165) is 19.1 Å². The van der Waals surface area contributed by atoms with Gasteiger partial charge in [0.25, 0.3) is 0 Å². The van der Waals surface area contributed by atoms with Crippen molar-refractivity contribution in [2.45, 2.75) is 46.1 Å². The van der Waals surface area contributed by atoms with Crippen LogP contribution in [0.1, 0.15) is 40.0 Å². The third-order valence-corrected chi connectivity index (χ3v) is 4.43. The Morgan fingerprint density at radius 3 is 2.78 bits per heavy atom. The Hall–Kier alpha value is -0.120. The molecule has 0 amide bonds. The number of hydrogen-bond acceptors (Lipinski definition) is 3. The lowest BCUT2D eigenvalue weighted by molar-refractivity contribution is 0.0317. The molecule has 2 saturated heterocycles. The summed E-state index contributed by atoms with van der Waals surface area (Å²) in [6.07, 6.45) is 4.28. The highest BCUT2D eigenvalue weighted by molar-refractivity contribution is 4.87. The Labute approximate surface area is 113 Å². The van der Waals surface area contributed by atoms with Crippen molar-refractivity contribution in [2.24, 2.45) is 5.41 Å². The molecule has 1 unspecified atom stereocenters. The van der Waals surface area contributed by atoms with E-state index in [1.165, 1.54) is 52.0 Å². The Morgan fingerprint density at radius 2 is 2.00 bits per heavy atom. The molecule has 0 bridgehead atoms. The molecule has 1 N–H and O–H groups in total. The molecule has 2 aliphatic rings. The second kappa shape index (κ2) is 6.36. The van der Waals surface area contributed by atoms with Gasteiger partial charge < -0.3 is 5.32 Å². The predicted molar refractivity (Wildman–Crippen MR) is 78.0 cm³/mol. The molecule has 1 atom stereocenters. The van der Waals surface area contributed by atoms with E-state index in [4.69, 9.17) is 0 Å². The third-order valence-electron chi connectivity index (χ3n) is 4.43. The van der Waals surface area contributed by atoms with Crippen LogP contribution in [-0.2, 0) is 0 Å². The number of piperazine rings is 1. The van der Waals surface area contributed by atoms with Crippen LogP contribution in [0.2, 0.25) is 0 Å². The first kappa shape index (κ1) is 14.3. The van der Waals surface area contributed by atoms with E-state index in [1.54, 1.807) is 0 Å². The Balaban J connectivity index is 1.79. The van der Waals surface area contributed by atoms with Gasteiger partial charge in [0, 0.05) is 38.8 Å². The molecular weight excluding hydrogens is 222 g/mol. The summed E-state index contributed by atoms with van der Waals surface area (Å²) in [5.74, 6) is 0. The Morgan fingerprint density at radius 1 is 1.17 bits per heavy atom. The summed E-state index contributed by atoms with van der Waals surface area (Å²) in [7, 11) is 0. The monoisotopic (exact) mass is 253 g/mol. The highest BCUT2D eigenvalue weighted by Crippen LogP contribution is 2.24. The van der Waals surface area contributed by atoms with Crippen LogP contribution >= 0.6 is 0 Å². The van der Waals surface area contributed by atoms with Crippen LogP contribution in [0.3, 0.4) is 0 Å². The molecule has 2 heterocycles. The van der Waals surface area contributed by atoms with Crippen molar-refractivity contribution in [1.82, 2.24) is 15.1 Å². The number of nitrogens with zero attached hydrogens (tertiary/aromatic N) is 2. The molecular formula is C15H31N3. The number of hydrogen-bond donors (Lipinski definition) is 1.